The Labute approximate surface area is 73.8 Å². The smallest absolute Gasteiger partial charge is 0.126 e. The SMILES string of the molecule is Cc1c(CC(C)C)ccnc1N. The maximum atomic E-state index is 5.69. The van der Waals surface area contributed by atoms with Crippen LogP contribution in [0.4, 0.5) is 5.82 Å². The van der Waals surface area contributed by atoms with Gasteiger partial charge in [-0.25, -0.2) is 4.98 Å². The normalized spacial score (nSPS) is 10.7. The zero-order chi connectivity index (χ0) is 9.14. The molecular formula is C10H16N2. The van der Waals surface area contributed by atoms with E-state index in [1.165, 1.54) is 5.56 Å². The molecule has 0 radical (unpaired) electrons. The summed E-state index contributed by atoms with van der Waals surface area (Å²) in [4.78, 5) is 4.02. The summed E-state index contributed by atoms with van der Waals surface area (Å²) in [5.41, 5.74) is 8.13. The lowest BCUT2D eigenvalue weighted by Crippen LogP contribution is -2.01. The minimum atomic E-state index is 0.660. The number of aromatic nitrogens is 1. The number of pyridine rings is 1. The lowest BCUT2D eigenvalue weighted by molar-refractivity contribution is 0.644. The molecule has 1 rings (SSSR count). The van der Waals surface area contributed by atoms with Gasteiger partial charge in [0.15, 0.2) is 0 Å². The maximum absolute atomic E-state index is 5.69. The molecule has 1 heterocycles. The average Bonchev–Trinajstić information content (AvgIpc) is 1.98. The van der Waals surface area contributed by atoms with Crippen LogP contribution >= 0.6 is 0 Å². The molecule has 0 aliphatic carbocycles. The highest BCUT2D eigenvalue weighted by Crippen LogP contribution is 2.16. The summed E-state index contributed by atoms with van der Waals surface area (Å²) < 4.78 is 0. The minimum Gasteiger partial charge on any atom is -0.383 e. The quantitative estimate of drug-likeness (QED) is 0.727. The van der Waals surface area contributed by atoms with Crippen LogP contribution in [-0.2, 0) is 6.42 Å². The Kier molecular flexibility index (Phi) is 2.69. The molecule has 0 aliphatic rings. The minimum absolute atomic E-state index is 0.660. The van der Waals surface area contributed by atoms with E-state index >= 15 is 0 Å². The Morgan fingerprint density at radius 1 is 1.50 bits per heavy atom. The molecule has 0 unspecified atom stereocenters. The second-order valence-electron chi connectivity index (χ2n) is 3.58. The van der Waals surface area contributed by atoms with Gasteiger partial charge in [-0.1, -0.05) is 13.8 Å². The number of hydrogen-bond acceptors (Lipinski definition) is 2. The number of rotatable bonds is 2. The summed E-state index contributed by atoms with van der Waals surface area (Å²) in [5, 5.41) is 0. The third kappa shape index (κ3) is 1.97. The van der Waals surface area contributed by atoms with Crippen LogP contribution in [0, 0.1) is 12.8 Å². The second kappa shape index (κ2) is 3.57. The molecule has 0 saturated heterocycles. The molecule has 0 amide bonds. The molecule has 0 saturated carbocycles. The molecule has 0 bridgehead atoms. The third-order valence-electron chi connectivity index (χ3n) is 1.98. The predicted octanol–water partition coefficient (Wildman–Crippen LogP) is 2.17. The van der Waals surface area contributed by atoms with E-state index < -0.39 is 0 Å². The van der Waals surface area contributed by atoms with E-state index in [-0.39, 0.29) is 0 Å². The van der Waals surface area contributed by atoms with Crippen LogP contribution < -0.4 is 5.73 Å². The standard InChI is InChI=1S/C10H16N2/c1-7(2)6-9-4-5-12-10(11)8(9)3/h4-5,7H,6H2,1-3H3,(H2,11,12). The lowest BCUT2D eigenvalue weighted by atomic mass is 10.00. The molecule has 66 valence electrons. The van der Waals surface area contributed by atoms with Crippen molar-refractivity contribution in [2.75, 3.05) is 5.73 Å². The summed E-state index contributed by atoms with van der Waals surface area (Å²) in [6, 6.07) is 2.05. The van der Waals surface area contributed by atoms with Crippen LogP contribution in [-0.4, -0.2) is 4.98 Å². The van der Waals surface area contributed by atoms with Gasteiger partial charge in [-0.3, -0.25) is 0 Å². The summed E-state index contributed by atoms with van der Waals surface area (Å²) in [5.74, 6) is 1.33. The molecule has 2 heteroatoms. The highest BCUT2D eigenvalue weighted by Gasteiger charge is 2.03. The summed E-state index contributed by atoms with van der Waals surface area (Å²) in [6.07, 6.45) is 2.86. The van der Waals surface area contributed by atoms with Gasteiger partial charge in [-0.15, -0.1) is 0 Å². The average molecular weight is 164 g/mol. The number of anilines is 1. The lowest BCUT2D eigenvalue weighted by Gasteiger charge is -2.09. The Hall–Kier alpha value is -1.05. The first-order valence-electron chi connectivity index (χ1n) is 4.31. The summed E-state index contributed by atoms with van der Waals surface area (Å²) in [6.45, 7) is 6.44. The van der Waals surface area contributed by atoms with Crippen LogP contribution in [0.1, 0.15) is 25.0 Å². The number of nitrogens with two attached hydrogens (primary N) is 1. The van der Waals surface area contributed by atoms with Crippen molar-refractivity contribution in [3.05, 3.63) is 23.4 Å². The van der Waals surface area contributed by atoms with Crippen LogP contribution in [0.3, 0.4) is 0 Å². The third-order valence-corrected chi connectivity index (χ3v) is 1.98. The number of nitrogen functional groups attached to an aromatic ring is 1. The molecule has 0 atom stereocenters. The fourth-order valence-electron chi connectivity index (χ4n) is 1.25. The first-order chi connectivity index (χ1) is 5.61. The van der Waals surface area contributed by atoms with Gasteiger partial charge in [0.05, 0.1) is 0 Å². The van der Waals surface area contributed by atoms with Crippen LogP contribution in [0.2, 0.25) is 0 Å². The Bertz CT molecular complexity index is 267. The predicted molar refractivity (Wildman–Crippen MR) is 51.9 cm³/mol. The number of hydrogen-bond donors (Lipinski definition) is 1. The van der Waals surface area contributed by atoms with E-state index in [2.05, 4.69) is 18.8 Å². The number of nitrogens with zero attached hydrogens (tertiary/aromatic N) is 1. The Balaban J connectivity index is 2.92. The largest absolute Gasteiger partial charge is 0.383 e. The van der Waals surface area contributed by atoms with Crippen molar-refractivity contribution in [2.45, 2.75) is 27.2 Å². The van der Waals surface area contributed by atoms with Gasteiger partial charge in [0.1, 0.15) is 5.82 Å². The van der Waals surface area contributed by atoms with E-state index in [1.807, 2.05) is 13.0 Å². The summed E-state index contributed by atoms with van der Waals surface area (Å²) in [7, 11) is 0. The van der Waals surface area contributed by atoms with Crippen molar-refractivity contribution in [1.29, 1.82) is 0 Å². The molecule has 0 aliphatic heterocycles. The molecule has 0 fully saturated rings. The summed E-state index contributed by atoms with van der Waals surface area (Å²) >= 11 is 0. The van der Waals surface area contributed by atoms with Crippen molar-refractivity contribution in [3.8, 4) is 0 Å². The van der Waals surface area contributed by atoms with Crippen LogP contribution in [0.5, 0.6) is 0 Å². The van der Waals surface area contributed by atoms with Gasteiger partial charge < -0.3 is 5.73 Å². The van der Waals surface area contributed by atoms with E-state index in [9.17, 15) is 0 Å². The van der Waals surface area contributed by atoms with Gasteiger partial charge >= 0.3 is 0 Å². The molecule has 0 aromatic carbocycles. The van der Waals surface area contributed by atoms with Crippen molar-refractivity contribution in [3.63, 3.8) is 0 Å². The maximum Gasteiger partial charge on any atom is 0.126 e. The highest BCUT2D eigenvalue weighted by molar-refractivity contribution is 5.43. The van der Waals surface area contributed by atoms with Crippen molar-refractivity contribution >= 4 is 5.82 Å². The molecule has 0 spiro atoms. The van der Waals surface area contributed by atoms with Gasteiger partial charge in [0.2, 0.25) is 0 Å². The van der Waals surface area contributed by atoms with Crippen molar-refractivity contribution in [1.82, 2.24) is 4.98 Å². The molecule has 1 aromatic heterocycles. The van der Waals surface area contributed by atoms with Crippen LogP contribution in [0.25, 0.3) is 0 Å². The Morgan fingerprint density at radius 3 is 2.75 bits per heavy atom. The first kappa shape index (κ1) is 9.04. The molecular weight excluding hydrogens is 148 g/mol. The van der Waals surface area contributed by atoms with Gasteiger partial charge in [-0.2, -0.15) is 0 Å². The molecule has 12 heavy (non-hydrogen) atoms. The molecule has 2 nitrogen and oxygen atoms in total. The van der Waals surface area contributed by atoms with Gasteiger partial charge in [0.25, 0.3) is 0 Å². The van der Waals surface area contributed by atoms with Crippen molar-refractivity contribution < 1.29 is 0 Å². The van der Waals surface area contributed by atoms with Crippen molar-refractivity contribution in [2.24, 2.45) is 5.92 Å². The van der Waals surface area contributed by atoms with Crippen LogP contribution in [0.15, 0.2) is 12.3 Å². The highest BCUT2D eigenvalue weighted by atomic mass is 14.8. The first-order valence-corrected chi connectivity index (χ1v) is 4.31. The fraction of sp³-hybridized carbons (Fsp3) is 0.500. The zero-order valence-corrected chi connectivity index (χ0v) is 7.96. The Morgan fingerprint density at radius 2 is 2.17 bits per heavy atom. The van der Waals surface area contributed by atoms with E-state index in [1.54, 1.807) is 6.20 Å². The topological polar surface area (TPSA) is 38.9 Å². The second-order valence-corrected chi connectivity index (χ2v) is 3.58. The van der Waals surface area contributed by atoms with E-state index in [0.29, 0.717) is 11.7 Å². The molecule has 1 aromatic rings. The van der Waals surface area contributed by atoms with E-state index in [0.717, 1.165) is 12.0 Å². The monoisotopic (exact) mass is 164 g/mol. The molecule has 2 N–H and O–H groups in total. The zero-order valence-electron chi connectivity index (χ0n) is 7.96. The fourth-order valence-corrected chi connectivity index (χ4v) is 1.25. The van der Waals surface area contributed by atoms with E-state index in [4.69, 9.17) is 5.73 Å². The van der Waals surface area contributed by atoms with Gasteiger partial charge in [-0.05, 0) is 36.5 Å². The van der Waals surface area contributed by atoms with Gasteiger partial charge in [0, 0.05) is 6.20 Å².